The van der Waals surface area contributed by atoms with Crippen LogP contribution >= 0.6 is 0 Å². The van der Waals surface area contributed by atoms with E-state index in [1.165, 1.54) is 6.07 Å². The van der Waals surface area contributed by atoms with Crippen LogP contribution in [0.2, 0.25) is 0 Å². The molecule has 0 radical (unpaired) electrons. The summed E-state index contributed by atoms with van der Waals surface area (Å²) in [6.07, 6.45) is 0. The molecule has 7 heteroatoms. The molecule has 7 nitrogen and oxygen atoms in total. The molecule has 162 valence electrons. The molecule has 0 fully saturated rings. The lowest BCUT2D eigenvalue weighted by Crippen LogP contribution is -2.11. The van der Waals surface area contributed by atoms with Crippen molar-refractivity contribution in [2.45, 2.75) is 20.5 Å². The van der Waals surface area contributed by atoms with Gasteiger partial charge in [-0.15, -0.1) is 0 Å². The normalized spacial score (nSPS) is 10.8. The van der Waals surface area contributed by atoms with Crippen LogP contribution in [0.5, 0.6) is 5.75 Å². The fourth-order valence-corrected chi connectivity index (χ4v) is 3.59. The van der Waals surface area contributed by atoms with Crippen LogP contribution in [0.4, 0.5) is 5.69 Å². The molecule has 0 spiro atoms. The van der Waals surface area contributed by atoms with Gasteiger partial charge in [0.25, 0.3) is 5.69 Å². The van der Waals surface area contributed by atoms with Crippen LogP contribution in [0.1, 0.15) is 28.5 Å². The fraction of sp³-hybridized carbons (Fsp3) is 0.160. The van der Waals surface area contributed by atoms with E-state index >= 15 is 0 Å². The number of nitrogens with zero attached hydrogens (tertiary/aromatic N) is 2. The third kappa shape index (κ3) is 4.18. The first-order valence-corrected chi connectivity index (χ1v) is 10.2. The van der Waals surface area contributed by atoms with Crippen molar-refractivity contribution in [1.82, 2.24) is 4.57 Å². The summed E-state index contributed by atoms with van der Waals surface area (Å²) in [7, 11) is 0. The van der Waals surface area contributed by atoms with Crippen molar-refractivity contribution in [2.75, 3.05) is 6.61 Å². The largest absolute Gasteiger partial charge is 0.489 e. The minimum absolute atomic E-state index is 0.0121. The monoisotopic (exact) mass is 430 g/mol. The zero-order valence-electron chi connectivity index (χ0n) is 17.8. The molecule has 0 N–H and O–H groups in total. The summed E-state index contributed by atoms with van der Waals surface area (Å²) in [5.41, 5.74) is 3.10. The number of hydrogen-bond donors (Lipinski definition) is 0. The van der Waals surface area contributed by atoms with Crippen LogP contribution < -0.4 is 4.74 Å². The number of carbonyl (C=O) groups excluding carboxylic acids is 1. The molecule has 0 unspecified atom stereocenters. The molecule has 3 aromatic carbocycles. The SMILES string of the molecule is CCOC(=O)c1cc2cc(OCc3ccccc3)ccc2n1-c1ccc(C)c([N+](=O)[O-])c1. The Kier molecular flexibility index (Phi) is 5.89. The maximum atomic E-state index is 12.7. The van der Waals surface area contributed by atoms with Crippen molar-refractivity contribution >= 4 is 22.6 Å². The number of fused-ring (bicyclic) bond motifs is 1. The molecular weight excluding hydrogens is 408 g/mol. The lowest BCUT2D eigenvalue weighted by atomic mass is 10.1. The smallest absolute Gasteiger partial charge is 0.355 e. The number of carbonyl (C=O) groups is 1. The summed E-state index contributed by atoms with van der Waals surface area (Å²) < 4.78 is 12.8. The van der Waals surface area contributed by atoms with Crippen molar-refractivity contribution in [3.8, 4) is 11.4 Å². The zero-order valence-corrected chi connectivity index (χ0v) is 17.8. The Morgan fingerprint density at radius 3 is 2.53 bits per heavy atom. The molecule has 0 amide bonds. The van der Waals surface area contributed by atoms with E-state index in [2.05, 4.69) is 0 Å². The van der Waals surface area contributed by atoms with E-state index in [1.807, 2.05) is 48.5 Å². The van der Waals surface area contributed by atoms with Gasteiger partial charge >= 0.3 is 5.97 Å². The van der Waals surface area contributed by atoms with Crippen LogP contribution in [0.3, 0.4) is 0 Å². The van der Waals surface area contributed by atoms with Gasteiger partial charge in [0.05, 0.1) is 22.7 Å². The van der Waals surface area contributed by atoms with Gasteiger partial charge in [0.1, 0.15) is 18.1 Å². The van der Waals surface area contributed by atoms with Gasteiger partial charge in [0.15, 0.2) is 0 Å². The highest BCUT2D eigenvalue weighted by molar-refractivity contribution is 5.97. The molecule has 32 heavy (non-hydrogen) atoms. The van der Waals surface area contributed by atoms with Crippen LogP contribution in [0.15, 0.2) is 72.8 Å². The number of aromatic nitrogens is 1. The van der Waals surface area contributed by atoms with Gasteiger partial charge in [-0.05, 0) is 49.7 Å². The van der Waals surface area contributed by atoms with Crippen molar-refractivity contribution in [1.29, 1.82) is 0 Å². The summed E-state index contributed by atoms with van der Waals surface area (Å²) in [5, 5.41) is 12.2. The van der Waals surface area contributed by atoms with Gasteiger partial charge in [-0.2, -0.15) is 0 Å². The number of esters is 1. The van der Waals surface area contributed by atoms with Crippen LogP contribution in [-0.4, -0.2) is 22.1 Å². The second-order valence-corrected chi connectivity index (χ2v) is 7.31. The second-order valence-electron chi connectivity index (χ2n) is 7.31. The molecule has 1 aromatic heterocycles. The molecule has 0 bridgehead atoms. The number of hydrogen-bond acceptors (Lipinski definition) is 5. The average molecular weight is 430 g/mol. The average Bonchev–Trinajstić information content (AvgIpc) is 3.17. The third-order valence-corrected chi connectivity index (χ3v) is 5.15. The Morgan fingerprint density at radius 1 is 1.03 bits per heavy atom. The van der Waals surface area contributed by atoms with Crippen LogP contribution in [0, 0.1) is 17.0 Å². The van der Waals surface area contributed by atoms with Crippen molar-refractivity contribution in [2.24, 2.45) is 0 Å². The summed E-state index contributed by atoms with van der Waals surface area (Å²) in [6.45, 7) is 4.05. The van der Waals surface area contributed by atoms with E-state index in [0.717, 1.165) is 16.5 Å². The standard InChI is InChI=1S/C25H22N2O5/c1-3-31-25(28)24-14-19-13-21(32-16-18-7-5-4-6-8-18)11-12-22(19)26(24)20-10-9-17(2)23(15-20)27(29)30/h4-15H,3,16H2,1-2H3. The summed E-state index contributed by atoms with van der Waals surface area (Å²) in [4.78, 5) is 23.7. The van der Waals surface area contributed by atoms with Crippen LogP contribution in [-0.2, 0) is 11.3 Å². The van der Waals surface area contributed by atoms with E-state index in [-0.39, 0.29) is 12.3 Å². The summed E-state index contributed by atoms with van der Waals surface area (Å²) >= 11 is 0. The Balaban J connectivity index is 1.78. The maximum absolute atomic E-state index is 12.7. The van der Waals surface area contributed by atoms with E-state index in [1.54, 1.807) is 36.6 Å². The zero-order chi connectivity index (χ0) is 22.7. The summed E-state index contributed by atoms with van der Waals surface area (Å²) in [6, 6.07) is 21.9. The van der Waals surface area contributed by atoms with Crippen LogP contribution in [0.25, 0.3) is 16.6 Å². The quantitative estimate of drug-likeness (QED) is 0.216. The highest BCUT2D eigenvalue weighted by Gasteiger charge is 2.21. The van der Waals surface area contributed by atoms with Gasteiger partial charge in [-0.1, -0.05) is 36.4 Å². The van der Waals surface area contributed by atoms with Crippen molar-refractivity contribution < 1.29 is 19.2 Å². The van der Waals surface area contributed by atoms with Crippen molar-refractivity contribution in [3.63, 3.8) is 0 Å². The Labute approximate surface area is 185 Å². The lowest BCUT2D eigenvalue weighted by molar-refractivity contribution is -0.385. The first kappa shape index (κ1) is 21.1. The summed E-state index contributed by atoms with van der Waals surface area (Å²) in [5.74, 6) is 0.155. The molecular formula is C25H22N2O5. The second kappa shape index (κ2) is 8.93. The van der Waals surface area contributed by atoms with E-state index < -0.39 is 10.9 Å². The Bertz CT molecular complexity index is 1290. The first-order chi connectivity index (χ1) is 15.5. The molecule has 4 rings (SSSR count). The molecule has 0 saturated carbocycles. The van der Waals surface area contributed by atoms with Gasteiger partial charge in [-0.25, -0.2) is 4.79 Å². The van der Waals surface area contributed by atoms with Crippen molar-refractivity contribution in [3.05, 3.63) is 99.7 Å². The highest BCUT2D eigenvalue weighted by Crippen LogP contribution is 2.31. The molecule has 0 aliphatic carbocycles. The molecule has 0 saturated heterocycles. The number of nitro benzene ring substituents is 1. The van der Waals surface area contributed by atoms with E-state index in [4.69, 9.17) is 9.47 Å². The molecule has 0 atom stereocenters. The third-order valence-electron chi connectivity index (χ3n) is 5.15. The number of benzene rings is 3. The molecule has 4 aromatic rings. The van der Waals surface area contributed by atoms with Gasteiger partial charge in [0.2, 0.25) is 0 Å². The molecule has 0 aliphatic rings. The predicted octanol–water partition coefficient (Wildman–Crippen LogP) is 5.60. The highest BCUT2D eigenvalue weighted by atomic mass is 16.6. The predicted molar refractivity (Wildman–Crippen MR) is 121 cm³/mol. The minimum Gasteiger partial charge on any atom is -0.489 e. The minimum atomic E-state index is -0.501. The fourth-order valence-electron chi connectivity index (χ4n) is 3.59. The Morgan fingerprint density at radius 2 is 1.81 bits per heavy atom. The first-order valence-electron chi connectivity index (χ1n) is 10.2. The maximum Gasteiger partial charge on any atom is 0.355 e. The molecule has 1 heterocycles. The number of rotatable bonds is 7. The van der Waals surface area contributed by atoms with Gasteiger partial charge in [-0.3, -0.25) is 10.1 Å². The molecule has 0 aliphatic heterocycles. The topological polar surface area (TPSA) is 83.6 Å². The van der Waals surface area contributed by atoms with E-state index in [0.29, 0.717) is 29.3 Å². The number of nitro groups is 1. The number of ether oxygens (including phenoxy) is 2. The van der Waals surface area contributed by atoms with Gasteiger partial charge < -0.3 is 14.0 Å². The van der Waals surface area contributed by atoms with E-state index in [9.17, 15) is 14.9 Å². The van der Waals surface area contributed by atoms with Gasteiger partial charge in [0, 0.05) is 17.0 Å². The number of aryl methyl sites for hydroxylation is 1. The lowest BCUT2D eigenvalue weighted by Gasteiger charge is -2.11. The Hall–Kier alpha value is -4.13.